The summed E-state index contributed by atoms with van der Waals surface area (Å²) in [7, 11) is 0. The molecule has 2 aliphatic rings. The van der Waals surface area contributed by atoms with Gasteiger partial charge < -0.3 is 19.9 Å². The van der Waals surface area contributed by atoms with Gasteiger partial charge in [0.2, 0.25) is 5.91 Å². The first-order valence-electron chi connectivity index (χ1n) is 10.8. The molecular weight excluding hydrogens is 404 g/mol. The molecule has 0 spiro atoms. The van der Waals surface area contributed by atoms with Crippen molar-refractivity contribution in [2.24, 2.45) is 0 Å². The molecule has 5 rings (SSSR count). The highest BCUT2D eigenvalue weighted by Gasteiger charge is 2.20. The second-order valence-corrected chi connectivity index (χ2v) is 7.90. The second kappa shape index (κ2) is 8.80. The Labute approximate surface area is 186 Å². The SMILES string of the molecule is O=C1NCCc2[nH]c(-c3ccnc(-c4ccc(C=CC(=O)N5CCOCC5)cc4)c3)cc21. The van der Waals surface area contributed by atoms with Crippen LogP contribution < -0.4 is 5.32 Å². The maximum absolute atomic E-state index is 12.3. The van der Waals surface area contributed by atoms with Crippen LogP contribution in [0.4, 0.5) is 0 Å². The number of rotatable bonds is 4. The Hall–Kier alpha value is -3.71. The van der Waals surface area contributed by atoms with Crippen molar-refractivity contribution in [2.45, 2.75) is 6.42 Å². The molecule has 2 aromatic heterocycles. The summed E-state index contributed by atoms with van der Waals surface area (Å²) in [6.07, 6.45) is 6.03. The molecule has 2 amide bonds. The first-order chi connectivity index (χ1) is 15.7. The number of hydrogen-bond donors (Lipinski definition) is 2. The van der Waals surface area contributed by atoms with Gasteiger partial charge in [-0.2, -0.15) is 0 Å². The first kappa shape index (κ1) is 20.2. The molecule has 32 heavy (non-hydrogen) atoms. The van der Waals surface area contributed by atoms with Gasteiger partial charge in [0, 0.05) is 60.8 Å². The summed E-state index contributed by atoms with van der Waals surface area (Å²) in [5.41, 5.74) is 6.37. The summed E-state index contributed by atoms with van der Waals surface area (Å²) in [5.74, 6) is -0.0205. The topological polar surface area (TPSA) is 87.3 Å². The van der Waals surface area contributed by atoms with Crippen LogP contribution in [-0.2, 0) is 16.0 Å². The molecule has 0 bridgehead atoms. The van der Waals surface area contributed by atoms with Crippen molar-refractivity contribution in [3.63, 3.8) is 0 Å². The number of carbonyl (C=O) groups is 2. The molecular formula is C25H24N4O3. The quantitative estimate of drug-likeness (QED) is 0.626. The van der Waals surface area contributed by atoms with E-state index in [-0.39, 0.29) is 11.8 Å². The van der Waals surface area contributed by atoms with Crippen molar-refractivity contribution in [2.75, 3.05) is 32.8 Å². The second-order valence-electron chi connectivity index (χ2n) is 7.90. The lowest BCUT2D eigenvalue weighted by atomic mass is 10.0. The first-order valence-corrected chi connectivity index (χ1v) is 10.8. The van der Waals surface area contributed by atoms with Crippen molar-refractivity contribution in [3.8, 4) is 22.5 Å². The van der Waals surface area contributed by atoms with Crippen molar-refractivity contribution in [1.82, 2.24) is 20.2 Å². The third-order valence-electron chi connectivity index (χ3n) is 5.82. The Balaban J connectivity index is 1.32. The van der Waals surface area contributed by atoms with Crippen LogP contribution in [-0.4, -0.2) is 59.5 Å². The van der Waals surface area contributed by atoms with Crippen LogP contribution >= 0.6 is 0 Å². The van der Waals surface area contributed by atoms with Gasteiger partial charge in [-0.05, 0) is 29.8 Å². The number of H-pyrrole nitrogens is 1. The molecule has 0 atom stereocenters. The predicted molar refractivity (Wildman–Crippen MR) is 122 cm³/mol. The number of pyridine rings is 1. The summed E-state index contributed by atoms with van der Waals surface area (Å²) >= 11 is 0. The number of benzene rings is 1. The third-order valence-corrected chi connectivity index (χ3v) is 5.82. The normalized spacial score (nSPS) is 16.1. The van der Waals surface area contributed by atoms with Gasteiger partial charge in [0.25, 0.3) is 5.91 Å². The van der Waals surface area contributed by atoms with Crippen molar-refractivity contribution in [3.05, 3.63) is 71.6 Å². The Bertz CT molecular complexity index is 1170. The van der Waals surface area contributed by atoms with Crippen LogP contribution in [0.25, 0.3) is 28.6 Å². The highest BCUT2D eigenvalue weighted by molar-refractivity contribution is 5.97. The zero-order valence-corrected chi connectivity index (χ0v) is 17.6. The molecule has 3 aromatic rings. The average Bonchev–Trinajstić information content (AvgIpc) is 3.29. The standard InChI is InChI=1S/C25H24N4O3/c30-24(29-11-13-32-14-12-29)6-3-17-1-4-18(5-2-17)22-15-19(7-9-26-22)23-16-20-21(28-23)8-10-27-25(20)31/h1-7,9,15-16,28H,8,10-14H2,(H,27,31). The Morgan fingerprint density at radius 1 is 1.06 bits per heavy atom. The number of fused-ring (bicyclic) bond motifs is 1. The van der Waals surface area contributed by atoms with Gasteiger partial charge >= 0.3 is 0 Å². The third kappa shape index (κ3) is 4.20. The number of aromatic amines is 1. The minimum atomic E-state index is -0.0289. The largest absolute Gasteiger partial charge is 0.378 e. The number of amides is 2. The Kier molecular flexibility index (Phi) is 5.56. The molecule has 162 valence electrons. The predicted octanol–water partition coefficient (Wildman–Crippen LogP) is 2.90. The van der Waals surface area contributed by atoms with E-state index in [1.54, 1.807) is 17.2 Å². The van der Waals surface area contributed by atoms with E-state index in [1.165, 1.54) is 0 Å². The molecule has 2 aliphatic heterocycles. The number of hydrogen-bond acceptors (Lipinski definition) is 4. The highest BCUT2D eigenvalue weighted by atomic mass is 16.5. The monoisotopic (exact) mass is 428 g/mol. The lowest BCUT2D eigenvalue weighted by molar-refractivity contribution is -0.129. The molecule has 0 radical (unpaired) electrons. The molecule has 1 aromatic carbocycles. The van der Waals surface area contributed by atoms with Gasteiger partial charge in [0.1, 0.15) is 0 Å². The number of ether oxygens (including phenoxy) is 1. The summed E-state index contributed by atoms with van der Waals surface area (Å²) < 4.78 is 5.29. The van der Waals surface area contributed by atoms with Crippen LogP contribution in [0.15, 0.2) is 54.7 Å². The minimum absolute atomic E-state index is 0.00840. The number of aromatic nitrogens is 2. The number of carbonyl (C=O) groups excluding carboxylic acids is 2. The molecule has 1 saturated heterocycles. The summed E-state index contributed by atoms with van der Waals surface area (Å²) in [6.45, 7) is 3.13. The summed E-state index contributed by atoms with van der Waals surface area (Å²) in [4.78, 5) is 34.0. The Morgan fingerprint density at radius 3 is 2.66 bits per heavy atom. The lowest BCUT2D eigenvalue weighted by Crippen LogP contribution is -2.39. The van der Waals surface area contributed by atoms with E-state index >= 15 is 0 Å². The molecule has 0 saturated carbocycles. The number of nitrogens with one attached hydrogen (secondary N) is 2. The molecule has 0 aliphatic carbocycles. The van der Waals surface area contributed by atoms with E-state index in [0.29, 0.717) is 38.4 Å². The number of morpholine rings is 1. The van der Waals surface area contributed by atoms with Gasteiger partial charge in [-0.3, -0.25) is 14.6 Å². The maximum Gasteiger partial charge on any atom is 0.253 e. The molecule has 7 heteroatoms. The fourth-order valence-electron chi connectivity index (χ4n) is 4.03. The van der Waals surface area contributed by atoms with Crippen molar-refractivity contribution >= 4 is 17.9 Å². The van der Waals surface area contributed by atoms with E-state index in [0.717, 1.165) is 40.2 Å². The van der Waals surface area contributed by atoms with Gasteiger partial charge in [0.15, 0.2) is 0 Å². The maximum atomic E-state index is 12.3. The van der Waals surface area contributed by atoms with Crippen LogP contribution in [0.2, 0.25) is 0 Å². The minimum Gasteiger partial charge on any atom is -0.378 e. The molecule has 4 heterocycles. The smallest absolute Gasteiger partial charge is 0.253 e. The van der Waals surface area contributed by atoms with Gasteiger partial charge in [-0.15, -0.1) is 0 Å². The molecule has 7 nitrogen and oxygen atoms in total. The van der Waals surface area contributed by atoms with Crippen molar-refractivity contribution in [1.29, 1.82) is 0 Å². The summed E-state index contributed by atoms with van der Waals surface area (Å²) in [5, 5.41) is 2.88. The summed E-state index contributed by atoms with van der Waals surface area (Å²) in [6, 6.07) is 13.8. The van der Waals surface area contributed by atoms with E-state index in [4.69, 9.17) is 4.74 Å². The van der Waals surface area contributed by atoms with Crippen LogP contribution in [0.3, 0.4) is 0 Å². The van der Waals surface area contributed by atoms with Crippen LogP contribution in [0.1, 0.15) is 21.6 Å². The van der Waals surface area contributed by atoms with Crippen LogP contribution in [0, 0.1) is 0 Å². The molecule has 0 unspecified atom stereocenters. The van der Waals surface area contributed by atoms with Crippen molar-refractivity contribution < 1.29 is 14.3 Å². The zero-order valence-electron chi connectivity index (χ0n) is 17.6. The van der Waals surface area contributed by atoms with E-state index in [2.05, 4.69) is 15.3 Å². The Morgan fingerprint density at radius 2 is 1.88 bits per heavy atom. The van der Waals surface area contributed by atoms with E-state index in [9.17, 15) is 9.59 Å². The fourth-order valence-corrected chi connectivity index (χ4v) is 4.03. The van der Waals surface area contributed by atoms with E-state index in [1.807, 2.05) is 48.5 Å². The highest BCUT2D eigenvalue weighted by Crippen LogP contribution is 2.27. The number of nitrogens with zero attached hydrogens (tertiary/aromatic N) is 2. The fraction of sp³-hybridized carbons (Fsp3) is 0.240. The molecule has 2 N–H and O–H groups in total. The van der Waals surface area contributed by atoms with Crippen LogP contribution in [0.5, 0.6) is 0 Å². The average molecular weight is 428 g/mol. The van der Waals surface area contributed by atoms with Gasteiger partial charge in [-0.1, -0.05) is 24.3 Å². The zero-order chi connectivity index (χ0) is 21.9. The molecule has 1 fully saturated rings. The van der Waals surface area contributed by atoms with Gasteiger partial charge in [-0.25, -0.2) is 0 Å². The van der Waals surface area contributed by atoms with E-state index < -0.39 is 0 Å². The van der Waals surface area contributed by atoms with Gasteiger partial charge in [0.05, 0.1) is 24.5 Å². The lowest BCUT2D eigenvalue weighted by Gasteiger charge is -2.25.